The third-order valence-electron chi connectivity index (χ3n) is 6.82. The number of piperazine rings is 1. The first-order valence-corrected chi connectivity index (χ1v) is 10.7. The van der Waals surface area contributed by atoms with E-state index in [0.717, 1.165) is 51.3 Å². The van der Waals surface area contributed by atoms with Gasteiger partial charge in [-0.05, 0) is 30.9 Å². The largest absolute Gasteiger partial charge is 0.351 e. The van der Waals surface area contributed by atoms with Crippen LogP contribution in [0.25, 0.3) is 0 Å². The summed E-state index contributed by atoms with van der Waals surface area (Å²) < 4.78 is 0. The Labute approximate surface area is 167 Å². The van der Waals surface area contributed by atoms with Gasteiger partial charge in [-0.15, -0.1) is 0 Å². The van der Waals surface area contributed by atoms with Crippen molar-refractivity contribution < 1.29 is 9.59 Å². The molecule has 2 aliphatic heterocycles. The highest BCUT2D eigenvalue weighted by Crippen LogP contribution is 2.45. The first-order valence-electron chi connectivity index (χ1n) is 10.7. The van der Waals surface area contributed by atoms with Crippen LogP contribution in [0.4, 0.5) is 0 Å². The van der Waals surface area contributed by atoms with E-state index in [-0.39, 0.29) is 11.3 Å². The number of carbonyl (C=O) groups is 2. The van der Waals surface area contributed by atoms with Crippen molar-refractivity contribution in [3.05, 3.63) is 35.9 Å². The predicted molar refractivity (Wildman–Crippen MR) is 109 cm³/mol. The Balaban J connectivity index is 1.24. The average molecular weight is 385 g/mol. The number of benzene rings is 1. The Morgan fingerprint density at radius 1 is 1.11 bits per heavy atom. The zero-order valence-electron chi connectivity index (χ0n) is 16.7. The summed E-state index contributed by atoms with van der Waals surface area (Å²) >= 11 is 0. The molecule has 1 aromatic carbocycles. The van der Waals surface area contributed by atoms with Gasteiger partial charge >= 0.3 is 0 Å². The number of hydrogen-bond acceptors (Lipinski definition) is 4. The smallest absolute Gasteiger partial charge is 0.234 e. The van der Waals surface area contributed by atoms with Crippen molar-refractivity contribution in [3.63, 3.8) is 0 Å². The van der Waals surface area contributed by atoms with Crippen LogP contribution in [0.2, 0.25) is 0 Å². The maximum absolute atomic E-state index is 13.3. The van der Waals surface area contributed by atoms with E-state index in [1.165, 1.54) is 19.3 Å². The number of fused-ring (bicyclic) bond motifs is 1. The zero-order valence-corrected chi connectivity index (χ0v) is 16.7. The van der Waals surface area contributed by atoms with Crippen LogP contribution in [-0.2, 0) is 16.1 Å². The van der Waals surface area contributed by atoms with Gasteiger partial charge in [-0.2, -0.15) is 0 Å². The summed E-state index contributed by atoms with van der Waals surface area (Å²) in [5.74, 6) is 0.917. The quantitative estimate of drug-likeness (QED) is 0.801. The molecular formula is C22H32N4O2. The molecular weight excluding hydrogens is 352 g/mol. The second-order valence-electron chi connectivity index (χ2n) is 8.56. The lowest BCUT2D eigenvalue weighted by molar-refractivity contribution is -0.147. The van der Waals surface area contributed by atoms with Crippen LogP contribution in [0, 0.1) is 11.3 Å². The summed E-state index contributed by atoms with van der Waals surface area (Å²) in [4.78, 5) is 29.8. The molecule has 2 N–H and O–H groups in total. The molecule has 0 spiro atoms. The Kier molecular flexibility index (Phi) is 5.97. The zero-order chi connectivity index (χ0) is 19.4. The molecule has 0 bridgehead atoms. The molecule has 0 unspecified atom stereocenters. The lowest BCUT2D eigenvalue weighted by atomic mass is 9.67. The number of carbonyl (C=O) groups excluding carboxylic acids is 2. The summed E-state index contributed by atoms with van der Waals surface area (Å²) in [6.45, 7) is 5.83. The number of nitrogens with one attached hydrogen (secondary N) is 2. The Morgan fingerprint density at radius 2 is 1.89 bits per heavy atom. The second kappa shape index (κ2) is 8.62. The lowest BCUT2D eigenvalue weighted by Crippen LogP contribution is -2.56. The highest BCUT2D eigenvalue weighted by molar-refractivity contribution is 5.84. The molecule has 3 fully saturated rings. The molecule has 1 aromatic rings. The van der Waals surface area contributed by atoms with Gasteiger partial charge in [0.05, 0.1) is 12.0 Å². The van der Waals surface area contributed by atoms with Crippen molar-refractivity contribution in [2.45, 2.75) is 32.2 Å². The molecule has 2 amide bonds. The maximum Gasteiger partial charge on any atom is 0.234 e. The number of hydrogen-bond donors (Lipinski definition) is 2. The van der Waals surface area contributed by atoms with E-state index in [1.807, 2.05) is 30.3 Å². The molecule has 2 saturated heterocycles. The van der Waals surface area contributed by atoms with E-state index < -0.39 is 0 Å². The van der Waals surface area contributed by atoms with Gasteiger partial charge in [0.15, 0.2) is 0 Å². The SMILES string of the molecule is O=C(CN1CCN(C(=O)[C@@]23CCCC[C@H]2CNC3)CC1)NCc1ccccc1. The summed E-state index contributed by atoms with van der Waals surface area (Å²) in [7, 11) is 0. The summed E-state index contributed by atoms with van der Waals surface area (Å²) in [6.07, 6.45) is 4.64. The molecule has 6 heteroatoms. The van der Waals surface area contributed by atoms with Crippen molar-refractivity contribution in [1.82, 2.24) is 20.4 Å². The standard InChI is InChI=1S/C22H32N4O2/c27-20(24-14-18-6-2-1-3-7-18)16-25-10-12-26(13-11-25)21(28)22-9-5-4-8-19(22)15-23-17-22/h1-3,6-7,19,23H,4-5,8-17H2,(H,24,27)/t19-,22+/m0/s1. The van der Waals surface area contributed by atoms with E-state index in [4.69, 9.17) is 0 Å². The summed E-state index contributed by atoms with van der Waals surface area (Å²) in [5, 5.41) is 6.47. The van der Waals surface area contributed by atoms with Crippen LogP contribution in [-0.4, -0.2) is 67.4 Å². The summed E-state index contributed by atoms with van der Waals surface area (Å²) in [6, 6.07) is 9.96. The lowest BCUT2D eigenvalue weighted by Gasteiger charge is -2.43. The monoisotopic (exact) mass is 384 g/mol. The Hall–Kier alpha value is -1.92. The molecule has 0 radical (unpaired) electrons. The number of amides is 2. The maximum atomic E-state index is 13.3. The van der Waals surface area contributed by atoms with Crippen LogP contribution in [0.15, 0.2) is 30.3 Å². The minimum atomic E-state index is -0.159. The fourth-order valence-electron chi connectivity index (χ4n) is 5.15. The average Bonchev–Trinajstić information content (AvgIpc) is 3.18. The number of rotatable bonds is 5. The topological polar surface area (TPSA) is 64.7 Å². The second-order valence-corrected chi connectivity index (χ2v) is 8.56. The minimum absolute atomic E-state index is 0.0505. The van der Waals surface area contributed by atoms with Gasteiger partial charge in [0, 0.05) is 39.3 Å². The third-order valence-corrected chi connectivity index (χ3v) is 6.82. The molecule has 1 saturated carbocycles. The normalized spacial score (nSPS) is 28.0. The van der Waals surface area contributed by atoms with Crippen LogP contribution in [0.1, 0.15) is 31.2 Å². The van der Waals surface area contributed by atoms with Gasteiger partial charge in [-0.3, -0.25) is 14.5 Å². The van der Waals surface area contributed by atoms with Gasteiger partial charge in [-0.25, -0.2) is 0 Å². The van der Waals surface area contributed by atoms with Crippen LogP contribution in [0.3, 0.4) is 0 Å². The third kappa shape index (κ3) is 4.08. The predicted octanol–water partition coefficient (Wildman–Crippen LogP) is 1.23. The molecule has 4 rings (SSSR count). The Morgan fingerprint density at radius 3 is 2.68 bits per heavy atom. The number of nitrogens with zero attached hydrogens (tertiary/aromatic N) is 2. The molecule has 152 valence electrons. The molecule has 0 aromatic heterocycles. The fraction of sp³-hybridized carbons (Fsp3) is 0.636. The molecule has 3 aliphatic rings. The van der Waals surface area contributed by atoms with Gasteiger partial charge in [0.2, 0.25) is 11.8 Å². The fourth-order valence-corrected chi connectivity index (χ4v) is 5.15. The van der Waals surface area contributed by atoms with Gasteiger partial charge < -0.3 is 15.5 Å². The highest BCUT2D eigenvalue weighted by atomic mass is 16.2. The first kappa shape index (κ1) is 19.4. The minimum Gasteiger partial charge on any atom is -0.351 e. The molecule has 1 aliphatic carbocycles. The summed E-state index contributed by atoms with van der Waals surface area (Å²) in [5.41, 5.74) is 0.950. The van der Waals surface area contributed by atoms with E-state index in [2.05, 4.69) is 20.4 Å². The van der Waals surface area contributed by atoms with Crippen LogP contribution in [0.5, 0.6) is 0 Å². The van der Waals surface area contributed by atoms with Crippen molar-refractivity contribution in [3.8, 4) is 0 Å². The van der Waals surface area contributed by atoms with Gasteiger partial charge in [0.25, 0.3) is 0 Å². The first-order chi connectivity index (χ1) is 13.7. The van der Waals surface area contributed by atoms with E-state index in [1.54, 1.807) is 0 Å². The van der Waals surface area contributed by atoms with Crippen molar-refractivity contribution in [2.75, 3.05) is 45.8 Å². The van der Waals surface area contributed by atoms with Crippen LogP contribution >= 0.6 is 0 Å². The van der Waals surface area contributed by atoms with Gasteiger partial charge in [0.1, 0.15) is 0 Å². The van der Waals surface area contributed by atoms with E-state index >= 15 is 0 Å². The van der Waals surface area contributed by atoms with Crippen molar-refractivity contribution >= 4 is 11.8 Å². The van der Waals surface area contributed by atoms with Crippen LogP contribution < -0.4 is 10.6 Å². The highest BCUT2D eigenvalue weighted by Gasteiger charge is 2.51. The molecule has 2 heterocycles. The van der Waals surface area contributed by atoms with Gasteiger partial charge in [-0.1, -0.05) is 43.2 Å². The van der Waals surface area contributed by atoms with Crippen molar-refractivity contribution in [2.24, 2.45) is 11.3 Å². The molecule has 6 nitrogen and oxygen atoms in total. The van der Waals surface area contributed by atoms with E-state index in [0.29, 0.717) is 24.9 Å². The Bertz CT molecular complexity index is 687. The van der Waals surface area contributed by atoms with E-state index in [9.17, 15) is 9.59 Å². The molecule has 28 heavy (non-hydrogen) atoms. The molecule has 2 atom stereocenters. The van der Waals surface area contributed by atoms with Crippen molar-refractivity contribution in [1.29, 1.82) is 0 Å².